The maximum atomic E-state index is 5.30. The summed E-state index contributed by atoms with van der Waals surface area (Å²) >= 11 is 0. The van der Waals surface area contributed by atoms with Crippen LogP contribution in [0.1, 0.15) is 6.42 Å². The number of imidazole rings is 1. The van der Waals surface area contributed by atoms with Gasteiger partial charge in [-0.25, -0.2) is 9.97 Å². The Hall–Kier alpha value is -2.67. The standard InChI is InChI=1S/C16H18N6O/c1-23-12-2-3-13-14(6-12)22(10-19-13)16-9-18-8-15(21-16)20-11-4-5-17-7-11/h2-3,6,8-11,17H,4-5,7H2,1H3,(H,20,21)/t11-/m1/s1. The first-order valence-corrected chi connectivity index (χ1v) is 7.64. The van der Waals surface area contributed by atoms with Gasteiger partial charge in [0.15, 0.2) is 5.82 Å². The molecule has 0 amide bonds. The Morgan fingerprint density at radius 3 is 3.13 bits per heavy atom. The molecule has 1 atom stereocenters. The third kappa shape index (κ3) is 2.70. The second kappa shape index (κ2) is 5.85. The Labute approximate surface area is 133 Å². The van der Waals surface area contributed by atoms with Crippen molar-refractivity contribution < 1.29 is 4.74 Å². The van der Waals surface area contributed by atoms with E-state index in [2.05, 4.69) is 25.6 Å². The lowest BCUT2D eigenvalue weighted by atomic mass is 10.2. The van der Waals surface area contributed by atoms with Crippen molar-refractivity contribution in [3.05, 3.63) is 36.9 Å². The summed E-state index contributed by atoms with van der Waals surface area (Å²) in [6.07, 6.45) is 6.34. The smallest absolute Gasteiger partial charge is 0.159 e. The highest BCUT2D eigenvalue weighted by atomic mass is 16.5. The van der Waals surface area contributed by atoms with Crippen LogP contribution in [0.2, 0.25) is 0 Å². The Bertz CT molecular complexity index is 824. The fourth-order valence-electron chi connectivity index (χ4n) is 2.83. The van der Waals surface area contributed by atoms with E-state index in [1.54, 1.807) is 25.8 Å². The van der Waals surface area contributed by atoms with Crippen LogP contribution in [-0.4, -0.2) is 45.8 Å². The first-order chi connectivity index (χ1) is 11.3. The zero-order valence-electron chi connectivity index (χ0n) is 12.9. The number of hydrogen-bond donors (Lipinski definition) is 2. The molecule has 118 valence electrons. The van der Waals surface area contributed by atoms with Gasteiger partial charge in [0.25, 0.3) is 0 Å². The summed E-state index contributed by atoms with van der Waals surface area (Å²) in [6.45, 7) is 1.99. The molecule has 1 saturated heterocycles. The Morgan fingerprint density at radius 1 is 1.35 bits per heavy atom. The summed E-state index contributed by atoms with van der Waals surface area (Å²) in [5.74, 6) is 2.30. The van der Waals surface area contributed by atoms with Crippen molar-refractivity contribution in [1.29, 1.82) is 0 Å². The number of hydrogen-bond acceptors (Lipinski definition) is 6. The summed E-state index contributed by atoms with van der Waals surface area (Å²) in [5.41, 5.74) is 1.84. The van der Waals surface area contributed by atoms with Crippen molar-refractivity contribution in [2.24, 2.45) is 0 Å². The number of anilines is 1. The van der Waals surface area contributed by atoms with Gasteiger partial charge in [-0.3, -0.25) is 9.55 Å². The van der Waals surface area contributed by atoms with Gasteiger partial charge in [0.2, 0.25) is 0 Å². The fourth-order valence-corrected chi connectivity index (χ4v) is 2.83. The Balaban J connectivity index is 1.69. The number of rotatable bonds is 4. The van der Waals surface area contributed by atoms with E-state index in [0.29, 0.717) is 6.04 Å². The van der Waals surface area contributed by atoms with E-state index >= 15 is 0 Å². The molecule has 2 aromatic heterocycles. The number of nitrogens with zero attached hydrogens (tertiary/aromatic N) is 4. The molecule has 1 aliphatic rings. The minimum Gasteiger partial charge on any atom is -0.497 e. The minimum atomic E-state index is 0.402. The number of benzene rings is 1. The summed E-state index contributed by atoms with van der Waals surface area (Å²) in [6, 6.07) is 6.19. The largest absolute Gasteiger partial charge is 0.497 e. The molecule has 0 bridgehead atoms. The van der Waals surface area contributed by atoms with Crippen LogP contribution in [0.4, 0.5) is 5.82 Å². The molecule has 0 unspecified atom stereocenters. The van der Waals surface area contributed by atoms with Crippen molar-refractivity contribution in [2.45, 2.75) is 12.5 Å². The minimum absolute atomic E-state index is 0.402. The van der Waals surface area contributed by atoms with E-state index in [-0.39, 0.29) is 0 Å². The van der Waals surface area contributed by atoms with Gasteiger partial charge in [-0.1, -0.05) is 0 Å². The van der Waals surface area contributed by atoms with Gasteiger partial charge in [0, 0.05) is 18.7 Å². The molecule has 3 aromatic rings. The molecule has 1 aliphatic heterocycles. The van der Waals surface area contributed by atoms with Crippen molar-refractivity contribution in [3.8, 4) is 11.6 Å². The van der Waals surface area contributed by atoms with Crippen LogP contribution in [0.25, 0.3) is 16.9 Å². The van der Waals surface area contributed by atoms with Crippen LogP contribution in [0.15, 0.2) is 36.9 Å². The van der Waals surface area contributed by atoms with Gasteiger partial charge in [-0.2, -0.15) is 0 Å². The first-order valence-electron chi connectivity index (χ1n) is 7.64. The summed E-state index contributed by atoms with van der Waals surface area (Å²) in [7, 11) is 1.65. The predicted molar refractivity (Wildman–Crippen MR) is 88.1 cm³/mol. The highest BCUT2D eigenvalue weighted by Crippen LogP contribution is 2.22. The lowest BCUT2D eigenvalue weighted by Crippen LogP contribution is -2.23. The van der Waals surface area contributed by atoms with Crippen LogP contribution < -0.4 is 15.4 Å². The Morgan fingerprint density at radius 2 is 2.30 bits per heavy atom. The maximum absolute atomic E-state index is 5.30. The van der Waals surface area contributed by atoms with Crippen molar-refractivity contribution in [2.75, 3.05) is 25.5 Å². The molecule has 3 heterocycles. The van der Waals surface area contributed by atoms with E-state index in [0.717, 1.165) is 47.9 Å². The maximum Gasteiger partial charge on any atom is 0.159 e. The monoisotopic (exact) mass is 310 g/mol. The molecule has 7 heteroatoms. The van der Waals surface area contributed by atoms with Crippen LogP contribution in [0, 0.1) is 0 Å². The third-order valence-electron chi connectivity index (χ3n) is 4.04. The molecule has 0 aliphatic carbocycles. The van der Waals surface area contributed by atoms with Crippen LogP contribution in [-0.2, 0) is 0 Å². The number of fused-ring (bicyclic) bond motifs is 1. The lowest BCUT2D eigenvalue weighted by Gasteiger charge is -2.12. The summed E-state index contributed by atoms with van der Waals surface area (Å²) in [5, 5.41) is 6.75. The molecule has 2 N–H and O–H groups in total. The van der Waals surface area contributed by atoms with Crippen molar-refractivity contribution in [3.63, 3.8) is 0 Å². The highest BCUT2D eigenvalue weighted by molar-refractivity contribution is 5.78. The van der Waals surface area contributed by atoms with Crippen LogP contribution in [0.3, 0.4) is 0 Å². The molecular formula is C16H18N6O. The van der Waals surface area contributed by atoms with Gasteiger partial charge >= 0.3 is 0 Å². The number of aromatic nitrogens is 4. The second-order valence-corrected chi connectivity index (χ2v) is 5.57. The zero-order valence-corrected chi connectivity index (χ0v) is 12.9. The molecule has 4 rings (SSSR count). The Kier molecular flexibility index (Phi) is 3.55. The van der Waals surface area contributed by atoms with Crippen molar-refractivity contribution in [1.82, 2.24) is 24.8 Å². The van der Waals surface area contributed by atoms with Gasteiger partial charge < -0.3 is 15.4 Å². The highest BCUT2D eigenvalue weighted by Gasteiger charge is 2.15. The van der Waals surface area contributed by atoms with E-state index in [1.807, 2.05) is 22.8 Å². The summed E-state index contributed by atoms with van der Waals surface area (Å²) in [4.78, 5) is 13.4. The average molecular weight is 310 g/mol. The number of nitrogens with one attached hydrogen (secondary N) is 2. The van der Waals surface area contributed by atoms with Crippen LogP contribution >= 0.6 is 0 Å². The lowest BCUT2D eigenvalue weighted by molar-refractivity contribution is 0.415. The van der Waals surface area contributed by atoms with E-state index in [4.69, 9.17) is 4.74 Å². The third-order valence-corrected chi connectivity index (χ3v) is 4.04. The van der Waals surface area contributed by atoms with E-state index < -0.39 is 0 Å². The molecule has 0 radical (unpaired) electrons. The molecule has 0 saturated carbocycles. The van der Waals surface area contributed by atoms with Crippen LogP contribution in [0.5, 0.6) is 5.75 Å². The molecule has 7 nitrogen and oxygen atoms in total. The van der Waals surface area contributed by atoms with Crippen molar-refractivity contribution >= 4 is 16.9 Å². The second-order valence-electron chi connectivity index (χ2n) is 5.57. The quantitative estimate of drug-likeness (QED) is 0.762. The molecule has 1 fully saturated rings. The average Bonchev–Trinajstić information content (AvgIpc) is 3.23. The zero-order chi connectivity index (χ0) is 15.6. The molecule has 1 aromatic carbocycles. The predicted octanol–water partition coefficient (Wildman–Crippen LogP) is 1.60. The molecular weight excluding hydrogens is 292 g/mol. The van der Waals surface area contributed by atoms with E-state index in [9.17, 15) is 0 Å². The van der Waals surface area contributed by atoms with Gasteiger partial charge in [-0.15, -0.1) is 0 Å². The number of methoxy groups -OCH3 is 1. The molecule has 23 heavy (non-hydrogen) atoms. The van der Waals surface area contributed by atoms with Gasteiger partial charge in [0.05, 0.1) is 30.5 Å². The van der Waals surface area contributed by atoms with E-state index in [1.165, 1.54) is 0 Å². The number of ether oxygens (including phenoxy) is 1. The fraction of sp³-hybridized carbons (Fsp3) is 0.312. The molecule has 0 spiro atoms. The topological polar surface area (TPSA) is 76.9 Å². The van der Waals surface area contributed by atoms with Gasteiger partial charge in [0.1, 0.15) is 17.9 Å². The normalized spacial score (nSPS) is 17.5. The van der Waals surface area contributed by atoms with Gasteiger partial charge in [-0.05, 0) is 25.1 Å². The first kappa shape index (κ1) is 14.0. The SMILES string of the molecule is COc1ccc2ncn(-c3cncc(N[C@@H]4CCNC4)n3)c2c1. The summed E-state index contributed by atoms with van der Waals surface area (Å²) < 4.78 is 7.22.